The van der Waals surface area contributed by atoms with Gasteiger partial charge in [-0.05, 0) is 31.4 Å². The van der Waals surface area contributed by atoms with Crippen LogP contribution in [-0.2, 0) is 4.74 Å². The zero-order chi connectivity index (χ0) is 13.8. The van der Waals surface area contributed by atoms with Crippen LogP contribution in [-0.4, -0.2) is 31.3 Å². The molecule has 0 aliphatic carbocycles. The Bertz CT molecular complexity index is 580. The minimum Gasteiger partial charge on any atom is -0.496 e. The van der Waals surface area contributed by atoms with Crippen LogP contribution >= 0.6 is 0 Å². The molecular formula is C16H20N2O2. The Hall–Kier alpha value is -1.81. The lowest BCUT2D eigenvalue weighted by molar-refractivity contribution is 0.107. The molecule has 1 unspecified atom stereocenters. The molecule has 1 fully saturated rings. The lowest BCUT2D eigenvalue weighted by Gasteiger charge is -2.13. The van der Waals surface area contributed by atoms with Crippen molar-refractivity contribution < 1.29 is 9.47 Å². The van der Waals surface area contributed by atoms with Gasteiger partial charge in [-0.2, -0.15) is 0 Å². The highest BCUT2D eigenvalue weighted by Gasteiger charge is 2.15. The van der Waals surface area contributed by atoms with E-state index >= 15 is 0 Å². The van der Waals surface area contributed by atoms with E-state index in [0.29, 0.717) is 6.10 Å². The number of hydrogen-bond donors (Lipinski definition) is 1. The molecule has 1 aromatic heterocycles. The minimum absolute atomic E-state index is 0.409. The van der Waals surface area contributed by atoms with E-state index in [2.05, 4.69) is 16.4 Å². The summed E-state index contributed by atoms with van der Waals surface area (Å²) in [5.41, 5.74) is 0. The molecule has 1 aliphatic heterocycles. The molecule has 2 heterocycles. The second kappa shape index (κ2) is 6.09. The van der Waals surface area contributed by atoms with Crippen LogP contribution in [0.4, 0.5) is 5.82 Å². The first-order valence-corrected chi connectivity index (χ1v) is 7.15. The number of ether oxygens (including phenoxy) is 2. The van der Waals surface area contributed by atoms with Crippen molar-refractivity contribution in [1.29, 1.82) is 0 Å². The van der Waals surface area contributed by atoms with E-state index in [1.54, 1.807) is 7.11 Å². The third-order valence-electron chi connectivity index (χ3n) is 3.77. The average molecular weight is 272 g/mol. The quantitative estimate of drug-likeness (QED) is 0.907. The Balaban J connectivity index is 1.74. The number of hydrogen-bond acceptors (Lipinski definition) is 4. The number of nitrogens with one attached hydrogen (secondary N) is 1. The van der Waals surface area contributed by atoms with Crippen molar-refractivity contribution >= 4 is 16.6 Å². The minimum atomic E-state index is 0.409. The van der Waals surface area contributed by atoms with Gasteiger partial charge in [-0.1, -0.05) is 12.1 Å². The summed E-state index contributed by atoms with van der Waals surface area (Å²) in [5, 5.41) is 5.60. The Morgan fingerprint density at radius 1 is 1.35 bits per heavy atom. The fraction of sp³-hybridized carbons (Fsp3) is 0.438. The molecule has 20 heavy (non-hydrogen) atoms. The molecule has 1 N–H and O–H groups in total. The van der Waals surface area contributed by atoms with Gasteiger partial charge in [0.1, 0.15) is 11.6 Å². The van der Waals surface area contributed by atoms with E-state index in [4.69, 9.17) is 9.47 Å². The predicted molar refractivity (Wildman–Crippen MR) is 80.4 cm³/mol. The van der Waals surface area contributed by atoms with E-state index in [9.17, 15) is 0 Å². The molecule has 4 heteroatoms. The molecule has 0 spiro atoms. The van der Waals surface area contributed by atoms with Crippen molar-refractivity contribution in [1.82, 2.24) is 4.98 Å². The fourth-order valence-electron chi connectivity index (χ4n) is 2.72. The molecule has 1 atom stereocenters. The summed E-state index contributed by atoms with van der Waals surface area (Å²) in [7, 11) is 1.69. The van der Waals surface area contributed by atoms with Crippen LogP contribution in [0.1, 0.15) is 19.3 Å². The van der Waals surface area contributed by atoms with E-state index in [1.165, 1.54) is 12.8 Å². The summed E-state index contributed by atoms with van der Waals surface area (Å²) >= 11 is 0. The Morgan fingerprint density at radius 3 is 3.10 bits per heavy atom. The second-order valence-corrected chi connectivity index (χ2v) is 5.07. The number of nitrogens with zero attached hydrogens (tertiary/aromatic N) is 1. The van der Waals surface area contributed by atoms with Gasteiger partial charge in [0.25, 0.3) is 0 Å². The molecule has 1 aromatic carbocycles. The summed E-state index contributed by atoms with van der Waals surface area (Å²) in [6.07, 6.45) is 5.63. The molecule has 4 nitrogen and oxygen atoms in total. The average Bonchev–Trinajstić information content (AvgIpc) is 3.00. The number of fused-ring (bicyclic) bond motifs is 1. The van der Waals surface area contributed by atoms with Crippen molar-refractivity contribution in [2.45, 2.75) is 25.4 Å². The van der Waals surface area contributed by atoms with Crippen LogP contribution < -0.4 is 10.1 Å². The number of benzene rings is 1. The van der Waals surface area contributed by atoms with Gasteiger partial charge in [0.05, 0.1) is 13.2 Å². The van der Waals surface area contributed by atoms with Crippen molar-refractivity contribution in [2.24, 2.45) is 0 Å². The molecule has 1 saturated heterocycles. The van der Waals surface area contributed by atoms with Gasteiger partial charge in [0, 0.05) is 30.1 Å². The SMILES string of the molecule is COc1cccc2c(NCCC3CCCO3)nccc12. The fourth-order valence-corrected chi connectivity index (χ4v) is 2.72. The first-order valence-electron chi connectivity index (χ1n) is 7.15. The zero-order valence-corrected chi connectivity index (χ0v) is 11.8. The van der Waals surface area contributed by atoms with E-state index in [1.807, 2.05) is 24.4 Å². The third kappa shape index (κ3) is 2.70. The van der Waals surface area contributed by atoms with Crippen LogP contribution in [0.5, 0.6) is 5.75 Å². The highest BCUT2D eigenvalue weighted by molar-refractivity contribution is 5.95. The van der Waals surface area contributed by atoms with Gasteiger partial charge in [0.2, 0.25) is 0 Å². The third-order valence-corrected chi connectivity index (χ3v) is 3.77. The van der Waals surface area contributed by atoms with Crippen LogP contribution in [0.15, 0.2) is 30.5 Å². The number of pyridine rings is 1. The van der Waals surface area contributed by atoms with Crippen molar-refractivity contribution in [3.05, 3.63) is 30.5 Å². The maximum atomic E-state index is 5.63. The Labute approximate surface area is 119 Å². The Morgan fingerprint density at radius 2 is 2.30 bits per heavy atom. The summed E-state index contributed by atoms with van der Waals surface area (Å²) in [4.78, 5) is 4.44. The standard InChI is InChI=1S/C16H20N2O2/c1-19-15-6-2-5-14-13(15)8-10-18-16(14)17-9-7-12-4-3-11-20-12/h2,5-6,8,10,12H,3-4,7,9,11H2,1H3,(H,17,18). The summed E-state index contributed by atoms with van der Waals surface area (Å²) < 4.78 is 11.0. The molecule has 2 aromatic rings. The molecule has 0 saturated carbocycles. The van der Waals surface area contributed by atoms with Crippen molar-refractivity contribution in [3.8, 4) is 5.75 Å². The van der Waals surface area contributed by atoms with Crippen molar-refractivity contribution in [3.63, 3.8) is 0 Å². The van der Waals surface area contributed by atoms with Gasteiger partial charge < -0.3 is 14.8 Å². The van der Waals surface area contributed by atoms with Gasteiger partial charge in [0.15, 0.2) is 0 Å². The van der Waals surface area contributed by atoms with Crippen LogP contribution in [0.2, 0.25) is 0 Å². The lowest BCUT2D eigenvalue weighted by Crippen LogP contribution is -2.13. The van der Waals surface area contributed by atoms with E-state index in [-0.39, 0.29) is 0 Å². The van der Waals surface area contributed by atoms with Gasteiger partial charge >= 0.3 is 0 Å². The summed E-state index contributed by atoms with van der Waals surface area (Å²) in [6, 6.07) is 8.02. The zero-order valence-electron chi connectivity index (χ0n) is 11.8. The van der Waals surface area contributed by atoms with Crippen LogP contribution in [0, 0.1) is 0 Å². The van der Waals surface area contributed by atoms with Gasteiger partial charge in [-0.15, -0.1) is 0 Å². The monoisotopic (exact) mass is 272 g/mol. The van der Waals surface area contributed by atoms with Crippen molar-refractivity contribution in [2.75, 3.05) is 25.6 Å². The van der Waals surface area contributed by atoms with Crippen LogP contribution in [0.25, 0.3) is 10.8 Å². The highest BCUT2D eigenvalue weighted by Crippen LogP contribution is 2.29. The number of methoxy groups -OCH3 is 1. The van der Waals surface area contributed by atoms with E-state index < -0.39 is 0 Å². The van der Waals surface area contributed by atoms with Gasteiger partial charge in [-0.3, -0.25) is 0 Å². The summed E-state index contributed by atoms with van der Waals surface area (Å²) in [5.74, 6) is 1.80. The molecule has 106 valence electrons. The van der Waals surface area contributed by atoms with E-state index in [0.717, 1.165) is 41.9 Å². The predicted octanol–water partition coefficient (Wildman–Crippen LogP) is 3.22. The number of rotatable bonds is 5. The maximum absolute atomic E-state index is 5.63. The number of anilines is 1. The largest absolute Gasteiger partial charge is 0.496 e. The molecule has 0 bridgehead atoms. The second-order valence-electron chi connectivity index (χ2n) is 5.07. The normalized spacial score (nSPS) is 18.4. The first kappa shape index (κ1) is 13.2. The Kier molecular flexibility index (Phi) is 4.02. The molecule has 0 amide bonds. The first-order chi connectivity index (χ1) is 9.88. The van der Waals surface area contributed by atoms with Crippen LogP contribution in [0.3, 0.4) is 0 Å². The number of aromatic nitrogens is 1. The smallest absolute Gasteiger partial charge is 0.133 e. The molecule has 1 aliphatic rings. The summed E-state index contributed by atoms with van der Waals surface area (Å²) in [6.45, 7) is 1.79. The lowest BCUT2D eigenvalue weighted by atomic mass is 10.1. The van der Waals surface area contributed by atoms with Gasteiger partial charge in [-0.25, -0.2) is 4.98 Å². The molecular weight excluding hydrogens is 252 g/mol. The molecule has 3 rings (SSSR count). The highest BCUT2D eigenvalue weighted by atomic mass is 16.5. The molecule has 0 radical (unpaired) electrons. The maximum Gasteiger partial charge on any atom is 0.133 e. The topological polar surface area (TPSA) is 43.4 Å².